The SMILES string of the molecule is Cc1noc(C)c1CCC(=O)N1CCC(c2c[nH]c3ncccc23)CC1. The zero-order valence-electron chi connectivity index (χ0n) is 15.3. The zero-order valence-corrected chi connectivity index (χ0v) is 15.3. The molecule has 0 saturated carbocycles. The van der Waals surface area contributed by atoms with Crippen molar-refractivity contribution in [2.45, 2.75) is 45.4 Å². The summed E-state index contributed by atoms with van der Waals surface area (Å²) in [6, 6.07) is 4.10. The van der Waals surface area contributed by atoms with Gasteiger partial charge in [0.15, 0.2) is 0 Å². The Kier molecular flexibility index (Phi) is 4.49. The van der Waals surface area contributed by atoms with Crippen molar-refractivity contribution in [2.24, 2.45) is 0 Å². The first-order valence-corrected chi connectivity index (χ1v) is 9.25. The van der Waals surface area contributed by atoms with Gasteiger partial charge >= 0.3 is 0 Å². The first-order chi connectivity index (χ1) is 12.6. The van der Waals surface area contributed by atoms with Crippen molar-refractivity contribution in [1.82, 2.24) is 20.0 Å². The summed E-state index contributed by atoms with van der Waals surface area (Å²) >= 11 is 0. The Hall–Kier alpha value is -2.63. The first-order valence-electron chi connectivity index (χ1n) is 9.25. The van der Waals surface area contributed by atoms with E-state index in [0.29, 0.717) is 18.8 Å². The van der Waals surface area contributed by atoms with Gasteiger partial charge in [0.1, 0.15) is 11.4 Å². The summed E-state index contributed by atoms with van der Waals surface area (Å²) in [5.74, 6) is 1.53. The first kappa shape index (κ1) is 16.8. The van der Waals surface area contributed by atoms with Crippen LogP contribution in [0.15, 0.2) is 29.0 Å². The Labute approximate surface area is 152 Å². The highest BCUT2D eigenvalue weighted by Crippen LogP contribution is 2.32. The number of nitrogens with one attached hydrogen (secondary N) is 1. The number of carbonyl (C=O) groups excluding carboxylic acids is 1. The molecule has 1 aliphatic rings. The summed E-state index contributed by atoms with van der Waals surface area (Å²) in [5.41, 5.74) is 4.23. The van der Waals surface area contributed by atoms with Gasteiger partial charge in [-0.25, -0.2) is 4.98 Å². The van der Waals surface area contributed by atoms with Crippen molar-refractivity contribution in [3.63, 3.8) is 0 Å². The number of carbonyl (C=O) groups is 1. The largest absolute Gasteiger partial charge is 0.361 e. The number of nitrogens with zero attached hydrogens (tertiary/aromatic N) is 3. The molecular weight excluding hydrogens is 328 g/mol. The minimum Gasteiger partial charge on any atom is -0.361 e. The van der Waals surface area contributed by atoms with Gasteiger partial charge in [-0.3, -0.25) is 4.79 Å². The second kappa shape index (κ2) is 6.94. The van der Waals surface area contributed by atoms with Crippen molar-refractivity contribution in [3.05, 3.63) is 47.1 Å². The summed E-state index contributed by atoms with van der Waals surface area (Å²) in [5, 5.41) is 5.17. The molecule has 0 radical (unpaired) electrons. The molecule has 1 amide bonds. The number of H-pyrrole nitrogens is 1. The third kappa shape index (κ3) is 3.11. The molecule has 0 aromatic carbocycles. The van der Waals surface area contributed by atoms with Crippen LogP contribution in [0, 0.1) is 13.8 Å². The average Bonchev–Trinajstić information content (AvgIpc) is 3.23. The number of aryl methyl sites for hydroxylation is 2. The Balaban J connectivity index is 1.35. The summed E-state index contributed by atoms with van der Waals surface area (Å²) in [6.45, 7) is 5.47. The van der Waals surface area contributed by atoms with E-state index in [-0.39, 0.29) is 5.91 Å². The van der Waals surface area contributed by atoms with Gasteiger partial charge in [0, 0.05) is 42.9 Å². The van der Waals surface area contributed by atoms with Crippen LogP contribution in [-0.4, -0.2) is 39.0 Å². The van der Waals surface area contributed by atoms with E-state index in [2.05, 4.69) is 27.4 Å². The Morgan fingerprint density at radius 2 is 2.15 bits per heavy atom. The maximum Gasteiger partial charge on any atom is 0.222 e. The van der Waals surface area contributed by atoms with Crippen LogP contribution in [0.2, 0.25) is 0 Å². The highest BCUT2D eigenvalue weighted by atomic mass is 16.5. The number of hydrogen-bond donors (Lipinski definition) is 1. The van der Waals surface area contributed by atoms with Crippen LogP contribution in [0.1, 0.15) is 47.8 Å². The maximum absolute atomic E-state index is 12.6. The molecule has 0 aliphatic carbocycles. The molecule has 3 aromatic rings. The Morgan fingerprint density at radius 1 is 1.35 bits per heavy atom. The smallest absolute Gasteiger partial charge is 0.222 e. The fourth-order valence-electron chi connectivity index (χ4n) is 4.00. The summed E-state index contributed by atoms with van der Waals surface area (Å²) < 4.78 is 5.18. The van der Waals surface area contributed by atoms with E-state index >= 15 is 0 Å². The van der Waals surface area contributed by atoms with E-state index in [0.717, 1.165) is 48.6 Å². The van der Waals surface area contributed by atoms with E-state index in [1.807, 2.05) is 31.0 Å². The van der Waals surface area contributed by atoms with Gasteiger partial charge in [-0.05, 0) is 56.7 Å². The van der Waals surface area contributed by atoms with Crippen LogP contribution in [-0.2, 0) is 11.2 Å². The molecule has 6 heteroatoms. The van der Waals surface area contributed by atoms with Crippen molar-refractivity contribution in [2.75, 3.05) is 13.1 Å². The van der Waals surface area contributed by atoms with Crippen LogP contribution in [0.3, 0.4) is 0 Å². The molecule has 0 unspecified atom stereocenters. The molecule has 1 saturated heterocycles. The van der Waals surface area contributed by atoms with Gasteiger partial charge in [0.2, 0.25) is 5.91 Å². The number of fused-ring (bicyclic) bond motifs is 1. The highest BCUT2D eigenvalue weighted by molar-refractivity contribution is 5.80. The molecule has 26 heavy (non-hydrogen) atoms. The Bertz CT molecular complexity index is 899. The number of rotatable bonds is 4. The van der Waals surface area contributed by atoms with Crippen molar-refractivity contribution < 1.29 is 9.32 Å². The number of pyridine rings is 1. The van der Waals surface area contributed by atoms with Crippen LogP contribution in [0.4, 0.5) is 0 Å². The lowest BCUT2D eigenvalue weighted by Crippen LogP contribution is -2.38. The van der Waals surface area contributed by atoms with E-state index in [1.165, 1.54) is 10.9 Å². The molecule has 4 rings (SSSR count). The van der Waals surface area contributed by atoms with Crippen molar-refractivity contribution in [3.8, 4) is 0 Å². The van der Waals surface area contributed by atoms with Gasteiger partial charge in [-0.1, -0.05) is 5.16 Å². The van der Waals surface area contributed by atoms with Gasteiger partial charge in [-0.15, -0.1) is 0 Å². The van der Waals surface area contributed by atoms with Gasteiger partial charge in [0.25, 0.3) is 0 Å². The zero-order chi connectivity index (χ0) is 18.1. The minimum absolute atomic E-state index is 0.226. The van der Waals surface area contributed by atoms with Crippen LogP contribution in [0.5, 0.6) is 0 Å². The van der Waals surface area contributed by atoms with Gasteiger partial charge < -0.3 is 14.4 Å². The predicted molar refractivity (Wildman–Crippen MR) is 98.9 cm³/mol. The summed E-state index contributed by atoms with van der Waals surface area (Å²) in [7, 11) is 0. The molecule has 3 aromatic heterocycles. The second-order valence-corrected chi connectivity index (χ2v) is 7.10. The molecule has 0 spiro atoms. The Morgan fingerprint density at radius 3 is 2.88 bits per heavy atom. The van der Waals surface area contributed by atoms with E-state index in [9.17, 15) is 4.79 Å². The van der Waals surface area contributed by atoms with E-state index < -0.39 is 0 Å². The molecule has 6 nitrogen and oxygen atoms in total. The molecule has 4 heterocycles. The monoisotopic (exact) mass is 352 g/mol. The standard InChI is InChI=1S/C20H24N4O2/c1-13-16(14(2)26-23-13)5-6-19(25)24-10-7-15(8-11-24)18-12-22-20-17(18)4-3-9-21-20/h3-4,9,12,15H,5-8,10-11H2,1-2H3,(H,21,22). The quantitative estimate of drug-likeness (QED) is 0.780. The third-order valence-electron chi connectivity index (χ3n) is 5.54. The lowest BCUT2D eigenvalue weighted by molar-refractivity contribution is -0.132. The number of piperidine rings is 1. The topological polar surface area (TPSA) is 75.0 Å². The van der Waals surface area contributed by atoms with E-state index in [4.69, 9.17) is 4.52 Å². The fourth-order valence-corrected chi connectivity index (χ4v) is 4.00. The predicted octanol–water partition coefficient (Wildman–Crippen LogP) is 3.51. The molecular formula is C20H24N4O2. The second-order valence-electron chi connectivity index (χ2n) is 7.10. The lowest BCUT2D eigenvalue weighted by atomic mass is 9.89. The van der Waals surface area contributed by atoms with E-state index in [1.54, 1.807) is 0 Å². The number of hydrogen-bond acceptors (Lipinski definition) is 4. The normalized spacial score (nSPS) is 15.7. The molecule has 0 bridgehead atoms. The van der Waals surface area contributed by atoms with Crippen molar-refractivity contribution in [1.29, 1.82) is 0 Å². The van der Waals surface area contributed by atoms with Crippen LogP contribution in [0.25, 0.3) is 11.0 Å². The molecule has 1 N–H and O–H groups in total. The number of aromatic nitrogens is 3. The van der Waals surface area contributed by atoms with Gasteiger partial charge in [-0.2, -0.15) is 0 Å². The molecule has 0 atom stereocenters. The minimum atomic E-state index is 0.226. The number of likely N-dealkylation sites (tertiary alicyclic amines) is 1. The third-order valence-corrected chi connectivity index (χ3v) is 5.54. The lowest BCUT2D eigenvalue weighted by Gasteiger charge is -2.32. The number of amides is 1. The fraction of sp³-hybridized carbons (Fsp3) is 0.450. The van der Waals surface area contributed by atoms with Crippen molar-refractivity contribution >= 4 is 16.9 Å². The molecule has 1 aliphatic heterocycles. The van der Waals surface area contributed by atoms with Gasteiger partial charge in [0.05, 0.1) is 5.69 Å². The molecule has 136 valence electrons. The summed E-state index contributed by atoms with van der Waals surface area (Å²) in [6.07, 6.45) is 7.11. The van der Waals surface area contributed by atoms with Crippen LogP contribution >= 0.6 is 0 Å². The maximum atomic E-state index is 12.6. The summed E-state index contributed by atoms with van der Waals surface area (Å²) in [4.78, 5) is 22.2. The average molecular weight is 352 g/mol. The highest BCUT2D eigenvalue weighted by Gasteiger charge is 2.25. The molecule has 1 fully saturated rings. The number of aromatic amines is 1. The van der Waals surface area contributed by atoms with Crippen LogP contribution < -0.4 is 0 Å².